The fourth-order valence-corrected chi connectivity index (χ4v) is 1.90. The summed E-state index contributed by atoms with van der Waals surface area (Å²) in [7, 11) is 0. The molecule has 0 aliphatic rings. The number of rotatable bonds is 7. The highest BCUT2D eigenvalue weighted by atomic mass is 19.1. The van der Waals surface area contributed by atoms with Crippen molar-refractivity contribution in [1.29, 1.82) is 0 Å². The molecule has 2 amide bonds. The number of anilines is 1. The zero-order valence-corrected chi connectivity index (χ0v) is 14.8. The summed E-state index contributed by atoms with van der Waals surface area (Å²) in [5.41, 5.74) is 1.86. The highest BCUT2D eigenvalue weighted by Gasteiger charge is 2.08. The topological polar surface area (TPSA) is 75.3 Å². The van der Waals surface area contributed by atoms with Crippen LogP contribution in [0.2, 0.25) is 0 Å². The maximum atomic E-state index is 12.1. The smallest absolute Gasteiger partial charge is 0.247 e. The lowest BCUT2D eigenvalue weighted by Gasteiger charge is -2.04. The second-order valence-corrected chi connectivity index (χ2v) is 5.15. The molecule has 140 valence electrons. The number of carbonyl (C=O) groups is 3. The van der Waals surface area contributed by atoms with Gasteiger partial charge in [-0.3, -0.25) is 14.4 Å². The molecule has 2 N–H and O–H groups in total. The van der Waals surface area contributed by atoms with Crippen LogP contribution in [0.25, 0.3) is 0 Å². The molecule has 0 aliphatic carbocycles. The summed E-state index contributed by atoms with van der Waals surface area (Å²) in [6.45, 7) is 6.10. The Morgan fingerprint density at radius 2 is 1.41 bits per heavy atom. The predicted octanol–water partition coefficient (Wildman–Crippen LogP) is 3.30. The van der Waals surface area contributed by atoms with Gasteiger partial charge in [-0.25, -0.2) is 4.39 Å². The predicted molar refractivity (Wildman–Crippen MR) is 104 cm³/mol. The van der Waals surface area contributed by atoms with E-state index in [2.05, 4.69) is 23.8 Å². The van der Waals surface area contributed by atoms with E-state index >= 15 is 0 Å². The summed E-state index contributed by atoms with van der Waals surface area (Å²) in [4.78, 5) is 33.4. The minimum Gasteiger partial charge on any atom is -0.350 e. The van der Waals surface area contributed by atoms with Crippen LogP contribution in [0.5, 0.6) is 0 Å². The molecule has 0 spiro atoms. The maximum Gasteiger partial charge on any atom is 0.247 e. The summed E-state index contributed by atoms with van der Waals surface area (Å²) in [6.07, 6.45) is 2.30. The van der Waals surface area contributed by atoms with Gasteiger partial charge in [0.1, 0.15) is 6.67 Å². The Hall–Kier alpha value is -3.54. The average molecular weight is 368 g/mol. The van der Waals surface area contributed by atoms with Gasteiger partial charge < -0.3 is 10.6 Å². The first-order valence-corrected chi connectivity index (χ1v) is 8.11. The Morgan fingerprint density at radius 3 is 1.93 bits per heavy atom. The van der Waals surface area contributed by atoms with Crippen molar-refractivity contribution in [2.45, 2.75) is 0 Å². The molecule has 0 fully saturated rings. The summed E-state index contributed by atoms with van der Waals surface area (Å²) in [5.74, 6) is -0.646. The molecule has 0 aliphatic heterocycles. The second kappa shape index (κ2) is 11.9. The van der Waals surface area contributed by atoms with Gasteiger partial charge >= 0.3 is 0 Å². The van der Waals surface area contributed by atoms with E-state index in [1.165, 1.54) is 6.08 Å². The van der Waals surface area contributed by atoms with Crippen molar-refractivity contribution in [2.24, 2.45) is 0 Å². The van der Waals surface area contributed by atoms with Gasteiger partial charge in [0.15, 0.2) is 5.78 Å². The minimum atomic E-state index is -0.528. The Labute approximate surface area is 157 Å². The van der Waals surface area contributed by atoms with Gasteiger partial charge in [-0.2, -0.15) is 0 Å². The quantitative estimate of drug-likeness (QED) is 0.582. The number of ketones is 1. The molecule has 2 aromatic carbocycles. The molecule has 0 saturated heterocycles. The molecule has 2 rings (SSSR count). The van der Waals surface area contributed by atoms with E-state index in [0.717, 1.165) is 6.08 Å². The lowest BCUT2D eigenvalue weighted by atomic mass is 10.0. The molecule has 0 unspecified atom stereocenters. The zero-order chi connectivity index (χ0) is 20.1. The zero-order valence-electron chi connectivity index (χ0n) is 14.8. The largest absolute Gasteiger partial charge is 0.350 e. The van der Waals surface area contributed by atoms with Crippen molar-refractivity contribution in [3.05, 3.63) is 91.0 Å². The molecule has 2 aromatic rings. The normalized spacial score (nSPS) is 9.22. The number of nitrogens with one attached hydrogen (secondary N) is 2. The van der Waals surface area contributed by atoms with Crippen LogP contribution in [-0.4, -0.2) is 30.8 Å². The molecule has 0 atom stereocenters. The molecule has 5 nitrogen and oxygen atoms in total. The first-order chi connectivity index (χ1) is 13.0. The Balaban J connectivity index is 0.000000387. The van der Waals surface area contributed by atoms with Crippen molar-refractivity contribution in [2.75, 3.05) is 18.5 Å². The van der Waals surface area contributed by atoms with E-state index in [1.807, 2.05) is 18.2 Å². The average Bonchev–Trinajstić information content (AvgIpc) is 2.73. The lowest BCUT2D eigenvalue weighted by molar-refractivity contribution is -0.116. The third-order valence-electron chi connectivity index (χ3n) is 3.22. The Morgan fingerprint density at radius 1 is 0.852 bits per heavy atom. The first kappa shape index (κ1) is 21.5. The van der Waals surface area contributed by atoms with Crippen LogP contribution < -0.4 is 10.6 Å². The van der Waals surface area contributed by atoms with Crippen molar-refractivity contribution in [1.82, 2.24) is 5.32 Å². The Kier molecular flexibility index (Phi) is 9.49. The summed E-state index contributed by atoms with van der Waals surface area (Å²) >= 11 is 0. The van der Waals surface area contributed by atoms with Crippen molar-refractivity contribution in [3.8, 4) is 0 Å². The number of carbonyl (C=O) groups excluding carboxylic acids is 3. The van der Waals surface area contributed by atoms with Crippen LogP contribution in [0.15, 0.2) is 79.9 Å². The molecular weight excluding hydrogens is 347 g/mol. The molecule has 27 heavy (non-hydrogen) atoms. The highest BCUT2D eigenvalue weighted by molar-refractivity contribution is 6.09. The van der Waals surface area contributed by atoms with Gasteiger partial charge in [0.2, 0.25) is 11.8 Å². The van der Waals surface area contributed by atoms with Gasteiger partial charge in [-0.1, -0.05) is 43.5 Å². The summed E-state index contributed by atoms with van der Waals surface area (Å²) in [6, 6.07) is 15.8. The minimum absolute atomic E-state index is 0.0396. The van der Waals surface area contributed by atoms with Gasteiger partial charge in [-0.05, 0) is 36.4 Å². The first-order valence-electron chi connectivity index (χ1n) is 8.11. The van der Waals surface area contributed by atoms with E-state index in [1.54, 1.807) is 36.4 Å². The third-order valence-corrected chi connectivity index (χ3v) is 3.22. The highest BCUT2D eigenvalue weighted by Crippen LogP contribution is 2.13. The van der Waals surface area contributed by atoms with E-state index in [9.17, 15) is 18.8 Å². The monoisotopic (exact) mass is 368 g/mol. The lowest BCUT2D eigenvalue weighted by Crippen LogP contribution is -2.22. The fraction of sp³-hybridized carbons (Fsp3) is 0.0952. The molecule has 0 radical (unpaired) electrons. The third kappa shape index (κ3) is 7.92. The van der Waals surface area contributed by atoms with E-state index in [4.69, 9.17) is 0 Å². The molecule has 6 heteroatoms. The van der Waals surface area contributed by atoms with E-state index in [0.29, 0.717) is 16.8 Å². The van der Waals surface area contributed by atoms with E-state index in [-0.39, 0.29) is 24.1 Å². The second-order valence-electron chi connectivity index (χ2n) is 5.15. The van der Waals surface area contributed by atoms with Crippen molar-refractivity contribution >= 4 is 23.3 Å². The van der Waals surface area contributed by atoms with Crippen molar-refractivity contribution < 1.29 is 18.8 Å². The van der Waals surface area contributed by atoms with Crippen LogP contribution >= 0.6 is 0 Å². The molecule has 0 saturated carbocycles. The summed E-state index contributed by atoms with van der Waals surface area (Å²) < 4.78 is 11.2. The number of hydrogen-bond donors (Lipinski definition) is 2. The number of halogens is 1. The van der Waals surface area contributed by atoms with Crippen LogP contribution in [0.3, 0.4) is 0 Å². The molecule has 0 aromatic heterocycles. The maximum absolute atomic E-state index is 12.1. The van der Waals surface area contributed by atoms with Crippen LogP contribution in [0, 0.1) is 0 Å². The SMILES string of the molecule is C=CC(=O)NCCF.C=CC(=O)Nc1ccc(C(=O)c2ccccc2)cc1. The van der Waals surface area contributed by atoms with Gasteiger partial charge in [-0.15, -0.1) is 0 Å². The standard InChI is InChI=1S/C16H13NO2.C5H8FNO/c1-2-15(18)17-14-10-8-13(9-11-14)16(19)12-6-4-3-5-7-12;1-2-5(8)7-4-3-6/h2-11H,1H2,(H,17,18);2H,1,3-4H2,(H,7,8). The number of hydrogen-bond acceptors (Lipinski definition) is 3. The number of amides is 2. The van der Waals surface area contributed by atoms with Gasteiger partial charge in [0.25, 0.3) is 0 Å². The molecule has 0 bridgehead atoms. The summed E-state index contributed by atoms with van der Waals surface area (Å²) in [5, 5.41) is 4.88. The van der Waals surface area contributed by atoms with Crippen LogP contribution in [-0.2, 0) is 9.59 Å². The van der Waals surface area contributed by atoms with Crippen LogP contribution in [0.4, 0.5) is 10.1 Å². The number of benzene rings is 2. The van der Waals surface area contributed by atoms with E-state index < -0.39 is 6.67 Å². The van der Waals surface area contributed by atoms with Gasteiger partial charge in [0.05, 0.1) is 0 Å². The molecule has 0 heterocycles. The molecular formula is C21H21FN2O3. The van der Waals surface area contributed by atoms with Crippen molar-refractivity contribution in [3.63, 3.8) is 0 Å². The fourth-order valence-electron chi connectivity index (χ4n) is 1.90. The Bertz CT molecular complexity index is 787. The van der Waals surface area contributed by atoms with Crippen LogP contribution in [0.1, 0.15) is 15.9 Å². The van der Waals surface area contributed by atoms with Gasteiger partial charge in [0, 0.05) is 23.4 Å². The number of alkyl halides is 1.